The number of halogens is 2. The van der Waals surface area contributed by atoms with Gasteiger partial charge in [0.2, 0.25) is 5.91 Å². The normalized spacial score (nSPS) is 10.6. The van der Waals surface area contributed by atoms with E-state index < -0.39 is 16.6 Å². The molecule has 2 aromatic carbocycles. The summed E-state index contributed by atoms with van der Waals surface area (Å²) in [5, 5.41) is 13.3. The van der Waals surface area contributed by atoms with Gasteiger partial charge in [0.05, 0.1) is 4.92 Å². The standard InChI is InChI=1S/C15H10ClFN2O3/c16-13-6-4-10(8-14(13)19(21)22)5-7-15(20)18-12-3-1-2-11(17)9-12/h1-9H,(H,18,20). The van der Waals surface area contributed by atoms with Crippen molar-refractivity contribution in [2.75, 3.05) is 5.32 Å². The lowest BCUT2D eigenvalue weighted by atomic mass is 10.2. The molecule has 0 fully saturated rings. The Labute approximate surface area is 130 Å². The quantitative estimate of drug-likeness (QED) is 0.525. The molecule has 0 aliphatic rings. The van der Waals surface area contributed by atoms with Crippen molar-refractivity contribution in [3.63, 3.8) is 0 Å². The molecule has 22 heavy (non-hydrogen) atoms. The second kappa shape index (κ2) is 6.82. The first-order chi connectivity index (χ1) is 10.5. The Bertz CT molecular complexity index is 762. The number of benzene rings is 2. The van der Waals surface area contributed by atoms with Gasteiger partial charge in [-0.25, -0.2) is 4.39 Å². The number of nitrogens with zero attached hydrogens (tertiary/aromatic N) is 1. The van der Waals surface area contributed by atoms with Crippen molar-refractivity contribution in [2.24, 2.45) is 0 Å². The van der Waals surface area contributed by atoms with Crippen molar-refractivity contribution >= 4 is 35.0 Å². The van der Waals surface area contributed by atoms with Gasteiger partial charge in [0.25, 0.3) is 5.69 Å². The summed E-state index contributed by atoms with van der Waals surface area (Å²) in [5.41, 5.74) is 0.525. The van der Waals surface area contributed by atoms with E-state index in [1.807, 2.05) is 0 Å². The molecule has 7 heteroatoms. The number of rotatable bonds is 4. The number of hydrogen-bond acceptors (Lipinski definition) is 3. The molecule has 0 aliphatic carbocycles. The summed E-state index contributed by atoms with van der Waals surface area (Å²) in [4.78, 5) is 21.9. The molecule has 0 spiro atoms. The van der Waals surface area contributed by atoms with Crippen LogP contribution in [0.4, 0.5) is 15.8 Å². The number of nitro groups is 1. The zero-order valence-corrected chi connectivity index (χ0v) is 11.9. The van der Waals surface area contributed by atoms with Crippen molar-refractivity contribution in [2.45, 2.75) is 0 Å². The largest absolute Gasteiger partial charge is 0.322 e. The number of hydrogen-bond donors (Lipinski definition) is 1. The van der Waals surface area contributed by atoms with Crippen molar-refractivity contribution in [1.29, 1.82) is 0 Å². The van der Waals surface area contributed by atoms with Crippen LogP contribution in [-0.4, -0.2) is 10.8 Å². The maximum atomic E-state index is 13.0. The van der Waals surface area contributed by atoms with Crippen LogP contribution in [0.3, 0.4) is 0 Å². The summed E-state index contributed by atoms with van der Waals surface area (Å²) < 4.78 is 13.0. The fourth-order valence-electron chi connectivity index (χ4n) is 1.70. The van der Waals surface area contributed by atoms with Crippen LogP contribution in [0.1, 0.15) is 5.56 Å². The minimum atomic E-state index is -0.605. The summed E-state index contributed by atoms with van der Waals surface area (Å²) in [6.45, 7) is 0. The van der Waals surface area contributed by atoms with Crippen molar-refractivity contribution in [1.82, 2.24) is 0 Å². The van der Waals surface area contributed by atoms with Crippen LogP contribution in [0.2, 0.25) is 5.02 Å². The van der Waals surface area contributed by atoms with E-state index in [4.69, 9.17) is 11.6 Å². The van der Waals surface area contributed by atoms with E-state index in [2.05, 4.69) is 5.32 Å². The van der Waals surface area contributed by atoms with Crippen LogP contribution in [0.25, 0.3) is 6.08 Å². The van der Waals surface area contributed by atoms with Crippen LogP contribution < -0.4 is 5.32 Å². The van der Waals surface area contributed by atoms with E-state index in [0.717, 1.165) is 0 Å². The summed E-state index contributed by atoms with van der Waals surface area (Å²) in [5.74, 6) is -0.946. The minimum Gasteiger partial charge on any atom is -0.322 e. The molecule has 0 radical (unpaired) electrons. The van der Waals surface area contributed by atoms with Gasteiger partial charge in [-0.2, -0.15) is 0 Å². The third kappa shape index (κ3) is 4.13. The Hall–Kier alpha value is -2.73. The molecule has 0 aliphatic heterocycles. The summed E-state index contributed by atoms with van der Waals surface area (Å²) in [6, 6.07) is 9.63. The smallest absolute Gasteiger partial charge is 0.288 e. The third-order valence-corrected chi connectivity index (χ3v) is 3.01. The Kier molecular flexibility index (Phi) is 4.85. The highest BCUT2D eigenvalue weighted by Crippen LogP contribution is 2.25. The zero-order chi connectivity index (χ0) is 16.1. The number of carbonyl (C=O) groups excluding carboxylic acids is 1. The second-order valence-electron chi connectivity index (χ2n) is 4.30. The highest BCUT2D eigenvalue weighted by Gasteiger charge is 2.11. The van der Waals surface area contributed by atoms with Crippen LogP contribution >= 0.6 is 11.6 Å². The van der Waals surface area contributed by atoms with Gasteiger partial charge in [-0.3, -0.25) is 14.9 Å². The predicted molar refractivity (Wildman–Crippen MR) is 82.2 cm³/mol. The molecule has 0 unspecified atom stereocenters. The fraction of sp³-hybridized carbons (Fsp3) is 0. The van der Waals surface area contributed by atoms with Gasteiger partial charge in [0.15, 0.2) is 0 Å². The maximum absolute atomic E-state index is 13.0. The molecule has 112 valence electrons. The first-order valence-corrected chi connectivity index (χ1v) is 6.52. The highest BCUT2D eigenvalue weighted by molar-refractivity contribution is 6.32. The van der Waals surface area contributed by atoms with Gasteiger partial charge >= 0.3 is 0 Å². The fourth-order valence-corrected chi connectivity index (χ4v) is 1.88. The van der Waals surface area contributed by atoms with Gasteiger partial charge < -0.3 is 5.32 Å². The van der Waals surface area contributed by atoms with Gasteiger partial charge in [-0.15, -0.1) is 0 Å². The van der Waals surface area contributed by atoms with E-state index >= 15 is 0 Å². The molecule has 2 aromatic rings. The first-order valence-electron chi connectivity index (χ1n) is 6.14. The Morgan fingerprint density at radius 2 is 2.05 bits per heavy atom. The maximum Gasteiger partial charge on any atom is 0.288 e. The van der Waals surface area contributed by atoms with Crippen LogP contribution in [0, 0.1) is 15.9 Å². The molecular weight excluding hydrogens is 311 g/mol. The van der Waals surface area contributed by atoms with Crippen molar-refractivity contribution in [3.05, 3.63) is 75.1 Å². The molecule has 0 saturated carbocycles. The molecule has 1 N–H and O–H groups in total. The summed E-state index contributed by atoms with van der Waals surface area (Å²) in [6.07, 6.45) is 2.59. The molecule has 0 heterocycles. The second-order valence-corrected chi connectivity index (χ2v) is 4.71. The van der Waals surface area contributed by atoms with Gasteiger partial charge in [-0.1, -0.05) is 23.7 Å². The number of amides is 1. The topological polar surface area (TPSA) is 72.2 Å². The van der Waals surface area contributed by atoms with Crippen LogP contribution in [0.5, 0.6) is 0 Å². The molecule has 0 aromatic heterocycles. The molecule has 0 saturated heterocycles. The molecule has 0 bridgehead atoms. The van der Waals surface area contributed by atoms with Crippen LogP contribution in [0.15, 0.2) is 48.5 Å². The SMILES string of the molecule is O=C(C=Cc1ccc(Cl)c([N+](=O)[O-])c1)Nc1cccc(F)c1. The number of carbonyl (C=O) groups is 1. The average Bonchev–Trinajstić information content (AvgIpc) is 2.46. The molecule has 5 nitrogen and oxygen atoms in total. The lowest BCUT2D eigenvalue weighted by Crippen LogP contribution is -2.07. The number of anilines is 1. The Morgan fingerprint density at radius 1 is 1.27 bits per heavy atom. The summed E-state index contributed by atoms with van der Waals surface area (Å²) in [7, 11) is 0. The number of nitrogens with one attached hydrogen (secondary N) is 1. The van der Waals surface area contributed by atoms with Gasteiger partial charge in [0, 0.05) is 17.8 Å². The number of nitro benzene ring substituents is 1. The first kappa shape index (κ1) is 15.7. The van der Waals surface area contributed by atoms with E-state index in [-0.39, 0.29) is 10.7 Å². The van der Waals surface area contributed by atoms with Crippen LogP contribution in [-0.2, 0) is 4.79 Å². The Balaban J connectivity index is 2.10. The third-order valence-electron chi connectivity index (χ3n) is 2.69. The molecule has 1 amide bonds. The highest BCUT2D eigenvalue weighted by atomic mass is 35.5. The van der Waals surface area contributed by atoms with E-state index in [1.54, 1.807) is 12.1 Å². The summed E-state index contributed by atoms with van der Waals surface area (Å²) >= 11 is 5.70. The zero-order valence-electron chi connectivity index (χ0n) is 11.1. The van der Waals surface area contributed by atoms with Gasteiger partial charge in [-0.05, 0) is 35.9 Å². The molecule has 0 atom stereocenters. The average molecular weight is 321 g/mol. The van der Waals surface area contributed by atoms with Crippen molar-refractivity contribution in [3.8, 4) is 0 Å². The monoisotopic (exact) mass is 320 g/mol. The van der Waals surface area contributed by atoms with E-state index in [1.165, 1.54) is 42.5 Å². The van der Waals surface area contributed by atoms with E-state index in [9.17, 15) is 19.3 Å². The Morgan fingerprint density at radius 3 is 2.73 bits per heavy atom. The lowest BCUT2D eigenvalue weighted by Gasteiger charge is -2.01. The van der Waals surface area contributed by atoms with E-state index in [0.29, 0.717) is 11.3 Å². The van der Waals surface area contributed by atoms with Gasteiger partial charge in [0.1, 0.15) is 10.8 Å². The molecule has 2 rings (SSSR count). The molecular formula is C15H10ClFN2O3. The minimum absolute atomic E-state index is 0.0198. The lowest BCUT2D eigenvalue weighted by molar-refractivity contribution is -0.384. The predicted octanol–water partition coefficient (Wildman–Crippen LogP) is 4.04. The van der Waals surface area contributed by atoms with Crippen molar-refractivity contribution < 1.29 is 14.1 Å².